The highest BCUT2D eigenvalue weighted by Crippen LogP contribution is 2.28. The number of carboxylic acids is 1. The summed E-state index contributed by atoms with van der Waals surface area (Å²) in [6.07, 6.45) is -0.989. The second kappa shape index (κ2) is 3.84. The standard InChI is InChI=1S/C11H10O5/c1-15-8-4-2-3-6-7(8)5-9(10(12)13)16-11(6)14/h2-4,9H,5H2,1H3,(H,12,13). The smallest absolute Gasteiger partial charge is 0.345 e. The van der Waals surface area contributed by atoms with Crippen molar-refractivity contribution in [3.63, 3.8) is 0 Å². The summed E-state index contributed by atoms with van der Waals surface area (Å²) in [5, 5.41) is 8.83. The molecule has 0 saturated heterocycles. The second-order valence-corrected chi connectivity index (χ2v) is 3.42. The zero-order valence-electron chi connectivity index (χ0n) is 8.60. The molecule has 0 saturated carbocycles. The lowest BCUT2D eigenvalue weighted by Crippen LogP contribution is -2.34. The Hall–Kier alpha value is -2.04. The zero-order chi connectivity index (χ0) is 11.7. The minimum absolute atomic E-state index is 0.139. The van der Waals surface area contributed by atoms with Crippen LogP contribution in [0, 0.1) is 0 Å². The van der Waals surface area contributed by atoms with Gasteiger partial charge in [0.1, 0.15) is 5.75 Å². The number of benzene rings is 1. The average molecular weight is 222 g/mol. The van der Waals surface area contributed by atoms with Crippen molar-refractivity contribution in [3.05, 3.63) is 29.3 Å². The van der Waals surface area contributed by atoms with Crippen LogP contribution in [0.5, 0.6) is 5.75 Å². The van der Waals surface area contributed by atoms with E-state index in [1.807, 2.05) is 0 Å². The van der Waals surface area contributed by atoms with Gasteiger partial charge in [-0.3, -0.25) is 0 Å². The number of carboxylic acid groups (broad SMARTS) is 1. The van der Waals surface area contributed by atoms with Crippen LogP contribution in [0.4, 0.5) is 0 Å². The number of fused-ring (bicyclic) bond motifs is 1. The molecule has 1 aliphatic rings. The maximum absolute atomic E-state index is 11.5. The first-order chi connectivity index (χ1) is 7.63. The van der Waals surface area contributed by atoms with E-state index in [0.717, 1.165) is 0 Å². The number of aliphatic carboxylic acids is 1. The van der Waals surface area contributed by atoms with Gasteiger partial charge < -0.3 is 14.6 Å². The lowest BCUT2D eigenvalue weighted by molar-refractivity contribution is -0.147. The van der Waals surface area contributed by atoms with Crippen LogP contribution in [0.3, 0.4) is 0 Å². The van der Waals surface area contributed by atoms with Crippen LogP contribution in [0.15, 0.2) is 18.2 Å². The third-order valence-electron chi connectivity index (χ3n) is 2.49. The molecule has 1 aliphatic heterocycles. The van der Waals surface area contributed by atoms with Crippen LogP contribution in [0.1, 0.15) is 15.9 Å². The van der Waals surface area contributed by atoms with Crippen LogP contribution < -0.4 is 4.74 Å². The Morgan fingerprint density at radius 1 is 1.56 bits per heavy atom. The Morgan fingerprint density at radius 2 is 2.31 bits per heavy atom. The quantitative estimate of drug-likeness (QED) is 0.751. The molecule has 0 aliphatic carbocycles. The van der Waals surface area contributed by atoms with E-state index in [-0.39, 0.29) is 6.42 Å². The molecule has 0 fully saturated rings. The number of rotatable bonds is 2. The van der Waals surface area contributed by atoms with Crippen LogP contribution >= 0.6 is 0 Å². The highest BCUT2D eigenvalue weighted by molar-refractivity contribution is 5.95. The average Bonchev–Trinajstić information content (AvgIpc) is 2.28. The largest absolute Gasteiger partial charge is 0.496 e. The fourth-order valence-electron chi connectivity index (χ4n) is 1.72. The molecule has 1 unspecified atom stereocenters. The number of carbonyl (C=O) groups excluding carboxylic acids is 1. The van der Waals surface area contributed by atoms with Gasteiger partial charge in [0.05, 0.1) is 12.7 Å². The maximum Gasteiger partial charge on any atom is 0.345 e. The van der Waals surface area contributed by atoms with Crippen molar-refractivity contribution in [1.82, 2.24) is 0 Å². The van der Waals surface area contributed by atoms with Crippen molar-refractivity contribution in [3.8, 4) is 5.75 Å². The molecule has 2 rings (SSSR count). The summed E-state index contributed by atoms with van der Waals surface area (Å²) in [5.41, 5.74) is 0.963. The molecule has 0 amide bonds. The Balaban J connectivity index is 2.46. The van der Waals surface area contributed by atoms with Gasteiger partial charge in [-0.25, -0.2) is 9.59 Å². The predicted molar refractivity (Wildman–Crippen MR) is 53.5 cm³/mol. The van der Waals surface area contributed by atoms with Crippen molar-refractivity contribution in [2.45, 2.75) is 12.5 Å². The highest BCUT2D eigenvalue weighted by Gasteiger charge is 2.32. The number of carbonyl (C=O) groups is 2. The Labute approximate surface area is 91.6 Å². The van der Waals surface area contributed by atoms with Crippen LogP contribution in [-0.4, -0.2) is 30.3 Å². The molecule has 0 aromatic heterocycles. The summed E-state index contributed by atoms with van der Waals surface area (Å²) >= 11 is 0. The number of esters is 1. The summed E-state index contributed by atoms with van der Waals surface area (Å²) in [4.78, 5) is 22.3. The summed E-state index contributed by atoms with van der Waals surface area (Å²) in [6, 6.07) is 4.95. The fraction of sp³-hybridized carbons (Fsp3) is 0.273. The van der Waals surface area contributed by atoms with E-state index in [9.17, 15) is 9.59 Å². The van der Waals surface area contributed by atoms with Gasteiger partial charge in [0.2, 0.25) is 6.10 Å². The summed E-state index contributed by atoms with van der Waals surface area (Å²) in [6.45, 7) is 0. The van der Waals surface area contributed by atoms with Gasteiger partial charge in [-0.15, -0.1) is 0 Å². The summed E-state index contributed by atoms with van der Waals surface area (Å²) in [7, 11) is 1.48. The molecule has 1 N–H and O–H groups in total. The van der Waals surface area contributed by atoms with Crippen molar-refractivity contribution in [2.75, 3.05) is 7.11 Å². The van der Waals surface area contributed by atoms with Gasteiger partial charge >= 0.3 is 11.9 Å². The first kappa shape index (κ1) is 10.5. The molecule has 1 atom stereocenters. The third-order valence-corrected chi connectivity index (χ3v) is 2.49. The molecule has 0 spiro atoms. The van der Waals surface area contributed by atoms with Gasteiger partial charge in [-0.2, -0.15) is 0 Å². The third kappa shape index (κ3) is 1.60. The number of hydrogen-bond acceptors (Lipinski definition) is 4. The number of cyclic esters (lactones) is 1. The molecule has 16 heavy (non-hydrogen) atoms. The Kier molecular flexibility index (Phi) is 2.52. The number of ether oxygens (including phenoxy) is 2. The summed E-state index contributed by atoms with van der Waals surface area (Å²) in [5.74, 6) is -1.25. The van der Waals surface area contributed by atoms with E-state index in [1.165, 1.54) is 7.11 Å². The number of hydrogen-bond donors (Lipinski definition) is 1. The molecule has 1 aromatic rings. The molecule has 5 heteroatoms. The predicted octanol–water partition coefficient (Wildman–Crippen LogP) is 0.861. The van der Waals surface area contributed by atoms with Crippen molar-refractivity contribution in [1.29, 1.82) is 0 Å². The van der Waals surface area contributed by atoms with Gasteiger partial charge in [0, 0.05) is 12.0 Å². The van der Waals surface area contributed by atoms with Crippen molar-refractivity contribution < 1.29 is 24.2 Å². The van der Waals surface area contributed by atoms with E-state index < -0.39 is 18.0 Å². The van der Waals surface area contributed by atoms with Crippen molar-refractivity contribution >= 4 is 11.9 Å². The van der Waals surface area contributed by atoms with E-state index in [1.54, 1.807) is 18.2 Å². The summed E-state index contributed by atoms with van der Waals surface area (Å²) < 4.78 is 9.87. The van der Waals surface area contributed by atoms with Gasteiger partial charge in [0.15, 0.2) is 0 Å². The minimum atomic E-state index is -1.15. The lowest BCUT2D eigenvalue weighted by atomic mass is 9.97. The topological polar surface area (TPSA) is 72.8 Å². The van der Waals surface area contributed by atoms with E-state index in [4.69, 9.17) is 14.6 Å². The zero-order valence-corrected chi connectivity index (χ0v) is 8.60. The highest BCUT2D eigenvalue weighted by atomic mass is 16.6. The van der Waals surface area contributed by atoms with Crippen LogP contribution in [0.2, 0.25) is 0 Å². The van der Waals surface area contributed by atoms with E-state index in [2.05, 4.69) is 0 Å². The first-order valence-electron chi connectivity index (χ1n) is 4.73. The molecule has 1 heterocycles. The van der Waals surface area contributed by atoms with Crippen LogP contribution in [-0.2, 0) is 16.0 Å². The molecule has 0 bridgehead atoms. The lowest BCUT2D eigenvalue weighted by Gasteiger charge is -2.22. The van der Waals surface area contributed by atoms with E-state index in [0.29, 0.717) is 16.9 Å². The van der Waals surface area contributed by atoms with Crippen molar-refractivity contribution in [2.24, 2.45) is 0 Å². The molecule has 5 nitrogen and oxygen atoms in total. The fourth-order valence-corrected chi connectivity index (χ4v) is 1.72. The number of methoxy groups -OCH3 is 1. The molecule has 0 radical (unpaired) electrons. The van der Waals surface area contributed by atoms with Gasteiger partial charge in [-0.1, -0.05) is 6.07 Å². The SMILES string of the molecule is COc1cccc2c1CC(C(=O)O)OC2=O. The second-order valence-electron chi connectivity index (χ2n) is 3.42. The molecule has 1 aromatic carbocycles. The van der Waals surface area contributed by atoms with Gasteiger partial charge in [-0.05, 0) is 12.1 Å². The first-order valence-corrected chi connectivity index (χ1v) is 4.73. The minimum Gasteiger partial charge on any atom is -0.496 e. The van der Waals surface area contributed by atoms with E-state index >= 15 is 0 Å². The normalized spacial score (nSPS) is 18.6. The maximum atomic E-state index is 11.5. The monoisotopic (exact) mass is 222 g/mol. The molecular formula is C11H10O5. The van der Waals surface area contributed by atoms with Crippen LogP contribution in [0.25, 0.3) is 0 Å². The molecular weight excluding hydrogens is 212 g/mol. The van der Waals surface area contributed by atoms with Gasteiger partial charge in [0.25, 0.3) is 0 Å². The Bertz CT molecular complexity index is 452. The molecule has 84 valence electrons. The Morgan fingerprint density at radius 3 is 2.94 bits per heavy atom.